The van der Waals surface area contributed by atoms with E-state index in [0.717, 1.165) is 5.39 Å². The summed E-state index contributed by atoms with van der Waals surface area (Å²) in [6.45, 7) is 0.388. The number of pyridine rings is 1. The number of carbonyl (C=O) groups is 2. The molecule has 0 aliphatic heterocycles. The van der Waals surface area contributed by atoms with Crippen molar-refractivity contribution in [3.05, 3.63) is 70.9 Å². The minimum atomic E-state index is -0.746. The third-order valence-electron chi connectivity index (χ3n) is 5.48. The van der Waals surface area contributed by atoms with Crippen molar-refractivity contribution in [1.29, 1.82) is 0 Å². The smallest absolute Gasteiger partial charge is 0.412 e. The van der Waals surface area contributed by atoms with Gasteiger partial charge in [0.05, 0.1) is 11.1 Å². The summed E-state index contributed by atoms with van der Waals surface area (Å²) >= 11 is 5.98. The van der Waals surface area contributed by atoms with Gasteiger partial charge in [0.15, 0.2) is 0 Å². The molecule has 0 unspecified atom stereocenters. The number of ether oxygens (including phenoxy) is 1. The number of anilines is 1. The minimum absolute atomic E-state index is 0.0119. The standard InChI is InChI=1S/C25H27ClF2N4O3/c1-31(2)14-20(32(3)23(33)10-8-16-5-4-6-21(28)24(16)26)15-35-25(34)30-22-12-18-11-19(27)9-7-17(18)13-29-22/h4-7,9,11-13,20H,8,10,14-15H2,1-3H3,(H,29,30,34)/t20-/m0/s1. The molecule has 10 heteroatoms. The number of hydrogen-bond donors (Lipinski definition) is 1. The molecule has 7 nitrogen and oxygen atoms in total. The van der Waals surface area contributed by atoms with E-state index in [0.29, 0.717) is 17.5 Å². The van der Waals surface area contributed by atoms with Crippen LogP contribution in [0, 0.1) is 11.6 Å². The Hall–Kier alpha value is -3.30. The fourth-order valence-corrected chi connectivity index (χ4v) is 3.78. The van der Waals surface area contributed by atoms with E-state index in [-0.39, 0.29) is 36.2 Å². The summed E-state index contributed by atoms with van der Waals surface area (Å²) in [7, 11) is 5.32. The van der Waals surface area contributed by atoms with E-state index in [4.69, 9.17) is 16.3 Å². The number of aromatic nitrogens is 1. The van der Waals surface area contributed by atoms with Crippen LogP contribution in [0.15, 0.2) is 48.7 Å². The quantitative estimate of drug-likeness (QED) is 0.456. The van der Waals surface area contributed by atoms with Crippen molar-refractivity contribution in [1.82, 2.24) is 14.8 Å². The number of halogens is 3. The van der Waals surface area contributed by atoms with Crippen molar-refractivity contribution < 1.29 is 23.1 Å². The fourth-order valence-electron chi connectivity index (χ4n) is 3.56. The van der Waals surface area contributed by atoms with Gasteiger partial charge in [0.25, 0.3) is 0 Å². The predicted octanol–water partition coefficient (Wildman–Crippen LogP) is 4.74. The molecule has 1 atom stereocenters. The molecule has 0 radical (unpaired) electrons. The van der Waals surface area contributed by atoms with Crippen LogP contribution in [0.1, 0.15) is 12.0 Å². The Morgan fingerprint density at radius 3 is 2.63 bits per heavy atom. The van der Waals surface area contributed by atoms with Gasteiger partial charge in [-0.1, -0.05) is 23.7 Å². The van der Waals surface area contributed by atoms with Gasteiger partial charge in [-0.15, -0.1) is 0 Å². The van der Waals surface area contributed by atoms with Crippen molar-refractivity contribution in [2.75, 3.05) is 39.6 Å². The number of benzene rings is 2. The van der Waals surface area contributed by atoms with Crippen LogP contribution in [0.3, 0.4) is 0 Å². The lowest BCUT2D eigenvalue weighted by Gasteiger charge is -2.30. The number of aryl methyl sites for hydroxylation is 1. The summed E-state index contributed by atoms with van der Waals surface area (Å²) in [5.41, 5.74) is 0.552. The summed E-state index contributed by atoms with van der Waals surface area (Å²) in [5, 5.41) is 3.86. The highest BCUT2D eigenvalue weighted by Crippen LogP contribution is 2.21. The maximum Gasteiger partial charge on any atom is 0.412 e. The molecule has 2 aromatic carbocycles. The van der Waals surface area contributed by atoms with Crippen molar-refractivity contribution in [2.24, 2.45) is 0 Å². The molecular formula is C25H27ClF2N4O3. The van der Waals surface area contributed by atoms with Gasteiger partial charge in [0, 0.05) is 31.6 Å². The first-order valence-corrected chi connectivity index (χ1v) is 11.3. The van der Waals surface area contributed by atoms with Crippen LogP contribution < -0.4 is 5.32 Å². The van der Waals surface area contributed by atoms with Crippen LogP contribution in [0.5, 0.6) is 0 Å². The molecule has 186 valence electrons. The highest BCUT2D eigenvalue weighted by atomic mass is 35.5. The molecule has 1 heterocycles. The number of rotatable bonds is 9. The van der Waals surface area contributed by atoms with Gasteiger partial charge in [0.2, 0.25) is 5.91 Å². The van der Waals surface area contributed by atoms with Gasteiger partial charge in [0.1, 0.15) is 24.1 Å². The maximum atomic E-state index is 13.7. The van der Waals surface area contributed by atoms with Gasteiger partial charge in [-0.25, -0.2) is 18.6 Å². The monoisotopic (exact) mass is 504 g/mol. The molecule has 35 heavy (non-hydrogen) atoms. The largest absolute Gasteiger partial charge is 0.447 e. The van der Waals surface area contributed by atoms with E-state index in [1.807, 2.05) is 19.0 Å². The highest BCUT2D eigenvalue weighted by molar-refractivity contribution is 6.31. The number of likely N-dealkylation sites (N-methyl/N-ethyl adjacent to an activating group) is 2. The van der Waals surface area contributed by atoms with E-state index in [1.165, 1.54) is 29.3 Å². The van der Waals surface area contributed by atoms with E-state index in [9.17, 15) is 18.4 Å². The van der Waals surface area contributed by atoms with Crippen molar-refractivity contribution in [3.8, 4) is 0 Å². The molecule has 2 amide bonds. The zero-order valence-corrected chi connectivity index (χ0v) is 20.5. The summed E-state index contributed by atoms with van der Waals surface area (Å²) in [4.78, 5) is 32.7. The Labute approximate surface area is 207 Å². The first-order valence-electron chi connectivity index (χ1n) is 11.0. The van der Waals surface area contributed by atoms with Gasteiger partial charge < -0.3 is 14.5 Å². The molecule has 0 aliphatic carbocycles. The number of hydrogen-bond acceptors (Lipinski definition) is 5. The number of nitrogens with zero attached hydrogens (tertiary/aromatic N) is 3. The number of amides is 2. The lowest BCUT2D eigenvalue weighted by atomic mass is 10.1. The Balaban J connectivity index is 1.58. The second-order valence-corrected chi connectivity index (χ2v) is 8.80. The Morgan fingerprint density at radius 2 is 1.89 bits per heavy atom. The van der Waals surface area contributed by atoms with Gasteiger partial charge in [-0.2, -0.15) is 0 Å². The average Bonchev–Trinajstić information content (AvgIpc) is 2.81. The van der Waals surface area contributed by atoms with Crippen molar-refractivity contribution in [2.45, 2.75) is 18.9 Å². The summed E-state index contributed by atoms with van der Waals surface area (Å²) < 4.78 is 32.5. The lowest BCUT2D eigenvalue weighted by molar-refractivity contribution is -0.133. The Morgan fingerprint density at radius 1 is 1.11 bits per heavy atom. The zero-order valence-electron chi connectivity index (χ0n) is 19.7. The van der Waals surface area contributed by atoms with Crippen LogP contribution in [-0.2, 0) is 16.0 Å². The molecule has 0 aliphatic rings. The summed E-state index contributed by atoms with van der Waals surface area (Å²) in [5.74, 6) is -0.898. The third-order valence-corrected chi connectivity index (χ3v) is 5.90. The third kappa shape index (κ3) is 7.34. The van der Waals surface area contributed by atoms with Crippen LogP contribution in [-0.4, -0.2) is 67.1 Å². The predicted molar refractivity (Wildman–Crippen MR) is 132 cm³/mol. The van der Waals surface area contributed by atoms with E-state index in [1.54, 1.807) is 31.3 Å². The van der Waals surface area contributed by atoms with E-state index >= 15 is 0 Å². The molecule has 1 N–H and O–H groups in total. The second kappa shape index (κ2) is 11.9. The SMILES string of the molecule is CN(C)C[C@@H](COC(=O)Nc1cc2cc(F)ccc2cn1)N(C)C(=O)CCc1cccc(F)c1Cl. The topological polar surface area (TPSA) is 74.8 Å². The van der Waals surface area contributed by atoms with Gasteiger partial charge in [-0.3, -0.25) is 10.1 Å². The molecule has 1 aromatic heterocycles. The van der Waals surface area contributed by atoms with Gasteiger partial charge >= 0.3 is 6.09 Å². The van der Waals surface area contributed by atoms with Crippen LogP contribution in [0.25, 0.3) is 10.8 Å². The molecule has 0 spiro atoms. The summed E-state index contributed by atoms with van der Waals surface area (Å²) in [6, 6.07) is 9.89. The van der Waals surface area contributed by atoms with E-state index < -0.39 is 23.8 Å². The number of carbonyl (C=O) groups excluding carboxylic acids is 2. The Bertz CT molecular complexity index is 1210. The second-order valence-electron chi connectivity index (χ2n) is 8.42. The first-order chi connectivity index (χ1) is 16.6. The van der Waals surface area contributed by atoms with Crippen molar-refractivity contribution >= 4 is 40.2 Å². The molecule has 0 saturated heterocycles. The first kappa shape index (κ1) is 26.3. The molecule has 3 aromatic rings. The zero-order chi connectivity index (χ0) is 25.5. The van der Waals surface area contributed by atoms with Crippen molar-refractivity contribution in [3.63, 3.8) is 0 Å². The fraction of sp³-hybridized carbons (Fsp3) is 0.320. The van der Waals surface area contributed by atoms with Crippen LogP contribution >= 0.6 is 11.6 Å². The Kier molecular flexibility index (Phi) is 8.95. The minimum Gasteiger partial charge on any atom is -0.447 e. The molecule has 0 saturated carbocycles. The number of fused-ring (bicyclic) bond motifs is 1. The molecule has 3 rings (SSSR count). The highest BCUT2D eigenvalue weighted by Gasteiger charge is 2.23. The number of nitrogens with one attached hydrogen (secondary N) is 1. The molecule has 0 fully saturated rings. The molecule has 0 bridgehead atoms. The summed E-state index contributed by atoms with van der Waals surface area (Å²) in [6.07, 6.45) is 1.18. The lowest BCUT2D eigenvalue weighted by Crippen LogP contribution is -2.46. The molecular weight excluding hydrogens is 478 g/mol. The van der Waals surface area contributed by atoms with Crippen LogP contribution in [0.4, 0.5) is 19.4 Å². The van der Waals surface area contributed by atoms with Crippen LogP contribution in [0.2, 0.25) is 5.02 Å². The van der Waals surface area contributed by atoms with E-state index in [2.05, 4.69) is 10.3 Å². The average molecular weight is 505 g/mol. The van der Waals surface area contributed by atoms with Gasteiger partial charge in [-0.05, 0) is 61.8 Å². The normalized spacial score (nSPS) is 12.0. The maximum absolute atomic E-state index is 13.7.